The predicted octanol–water partition coefficient (Wildman–Crippen LogP) is 5.21. The molecule has 1 unspecified atom stereocenters. The Hall–Kier alpha value is -2.43. The fraction of sp³-hybridized carbons (Fsp3) is 0.333. The second kappa shape index (κ2) is 8.13. The van der Waals surface area contributed by atoms with Crippen molar-refractivity contribution in [2.24, 2.45) is 0 Å². The van der Waals surface area contributed by atoms with E-state index >= 15 is 0 Å². The molecule has 1 atom stereocenters. The van der Waals surface area contributed by atoms with Gasteiger partial charge in [-0.3, -0.25) is 0 Å². The molecule has 6 nitrogen and oxygen atoms in total. The minimum absolute atomic E-state index is 0.182. The summed E-state index contributed by atoms with van der Waals surface area (Å²) in [6.45, 7) is 1.81. The summed E-state index contributed by atoms with van der Waals surface area (Å²) in [6.07, 6.45) is -5.50. The fourth-order valence-corrected chi connectivity index (χ4v) is 3.21. The van der Waals surface area contributed by atoms with E-state index in [1.165, 1.54) is 20.3 Å². The number of hydrogen-bond donors (Lipinski definition) is 0. The first-order valence-electron chi connectivity index (χ1n) is 8.30. The van der Waals surface area contributed by atoms with Gasteiger partial charge in [0.1, 0.15) is 34.4 Å². The van der Waals surface area contributed by atoms with Crippen LogP contribution >= 0.6 is 11.6 Å². The van der Waals surface area contributed by atoms with E-state index in [1.54, 1.807) is 16.8 Å². The third kappa shape index (κ3) is 4.29. The summed E-state index contributed by atoms with van der Waals surface area (Å²) in [6, 6.07) is 5.89. The number of nitrogens with zero attached hydrogens (tertiary/aromatic N) is 3. The Bertz CT molecular complexity index is 998. The zero-order chi connectivity index (χ0) is 21.3. The summed E-state index contributed by atoms with van der Waals surface area (Å²) in [7, 11) is 2.97. The van der Waals surface area contributed by atoms with Crippen LogP contribution < -0.4 is 4.74 Å². The summed E-state index contributed by atoms with van der Waals surface area (Å²) in [4.78, 5) is 0. The summed E-state index contributed by atoms with van der Waals surface area (Å²) >= 11 is 5.60. The molecule has 3 rings (SSSR count). The summed E-state index contributed by atoms with van der Waals surface area (Å²) in [5, 5.41) is 7.32. The van der Waals surface area contributed by atoms with Crippen LogP contribution in [0.2, 0.25) is 5.02 Å². The van der Waals surface area contributed by atoms with Crippen molar-refractivity contribution in [3.8, 4) is 11.5 Å². The number of fused-ring (bicyclic) bond motifs is 1. The number of alkyl halides is 3. The molecular weight excluding hydrogens is 418 g/mol. The van der Waals surface area contributed by atoms with Gasteiger partial charge in [-0.05, 0) is 19.1 Å². The maximum Gasteiger partial charge on any atom is 0.420 e. The zero-order valence-electron chi connectivity index (χ0n) is 15.5. The molecule has 0 fully saturated rings. The molecule has 0 aliphatic carbocycles. The Morgan fingerprint density at radius 2 is 1.76 bits per heavy atom. The van der Waals surface area contributed by atoms with Crippen molar-refractivity contribution in [3.63, 3.8) is 0 Å². The first kappa shape index (κ1) is 21.3. The van der Waals surface area contributed by atoms with Gasteiger partial charge < -0.3 is 14.2 Å². The molecule has 1 heterocycles. The van der Waals surface area contributed by atoms with Gasteiger partial charge in [0.2, 0.25) is 0 Å². The van der Waals surface area contributed by atoms with E-state index < -0.39 is 28.9 Å². The molecule has 29 heavy (non-hydrogen) atoms. The highest BCUT2D eigenvalue weighted by molar-refractivity contribution is 6.31. The first-order valence-corrected chi connectivity index (χ1v) is 8.68. The van der Waals surface area contributed by atoms with E-state index in [0.29, 0.717) is 17.1 Å². The molecule has 3 aromatic rings. The number of methoxy groups -OCH3 is 2. The monoisotopic (exact) mass is 433 g/mol. The van der Waals surface area contributed by atoms with E-state index in [9.17, 15) is 17.6 Å². The Kier molecular flexibility index (Phi) is 5.97. The van der Waals surface area contributed by atoms with Gasteiger partial charge in [-0.1, -0.05) is 16.8 Å². The van der Waals surface area contributed by atoms with Gasteiger partial charge in [0.25, 0.3) is 0 Å². The van der Waals surface area contributed by atoms with Crippen LogP contribution in [0.1, 0.15) is 18.5 Å². The lowest BCUT2D eigenvalue weighted by molar-refractivity contribution is -0.139. The molecule has 156 valence electrons. The first-order chi connectivity index (χ1) is 13.7. The average molecular weight is 434 g/mol. The maximum atomic E-state index is 13.9. The Morgan fingerprint density at radius 3 is 2.34 bits per heavy atom. The van der Waals surface area contributed by atoms with Gasteiger partial charge in [-0.25, -0.2) is 9.07 Å². The van der Waals surface area contributed by atoms with Crippen LogP contribution in [0.5, 0.6) is 11.5 Å². The largest absolute Gasteiger partial charge is 0.457 e. The summed E-state index contributed by atoms with van der Waals surface area (Å²) < 4.78 is 70.0. The van der Waals surface area contributed by atoms with Crippen LogP contribution in [0.3, 0.4) is 0 Å². The Balaban J connectivity index is 1.95. The molecule has 2 aromatic carbocycles. The van der Waals surface area contributed by atoms with Crippen molar-refractivity contribution in [2.75, 3.05) is 14.2 Å². The number of aromatic nitrogens is 3. The summed E-state index contributed by atoms with van der Waals surface area (Å²) in [5.74, 6) is -1.47. The van der Waals surface area contributed by atoms with Crippen LogP contribution in [-0.4, -0.2) is 35.5 Å². The minimum Gasteiger partial charge on any atom is -0.457 e. The smallest absolute Gasteiger partial charge is 0.420 e. The average Bonchev–Trinajstić information content (AvgIpc) is 3.04. The molecule has 0 saturated heterocycles. The van der Waals surface area contributed by atoms with Crippen molar-refractivity contribution in [3.05, 3.63) is 46.7 Å². The normalized spacial score (nSPS) is 13.3. The maximum absolute atomic E-state index is 13.9. The van der Waals surface area contributed by atoms with Gasteiger partial charge in [-0.2, -0.15) is 13.2 Å². The third-order valence-corrected chi connectivity index (χ3v) is 4.52. The van der Waals surface area contributed by atoms with Crippen LogP contribution in [0.15, 0.2) is 30.3 Å². The van der Waals surface area contributed by atoms with Gasteiger partial charge in [0.05, 0.1) is 10.5 Å². The highest BCUT2D eigenvalue weighted by Gasteiger charge is 2.37. The molecule has 0 aliphatic rings. The van der Waals surface area contributed by atoms with Crippen molar-refractivity contribution in [2.45, 2.75) is 25.4 Å². The molecule has 0 N–H and O–H groups in total. The standard InChI is InChI=1S/C18H16ClF4N3O3/c1-9(17(27-2)28-3)26-15-8-10(4-5-14(15)24-25-26)29-11-6-12(19)16(13(20)7-11)18(21,22)23/h4-9,17H,1-3H3. The molecule has 11 heteroatoms. The lowest BCUT2D eigenvalue weighted by Gasteiger charge is -2.21. The van der Waals surface area contributed by atoms with Crippen molar-refractivity contribution >= 4 is 22.6 Å². The molecular formula is C18H16ClF4N3O3. The van der Waals surface area contributed by atoms with Crippen LogP contribution in [0.4, 0.5) is 17.6 Å². The fourth-order valence-electron chi connectivity index (χ4n) is 2.90. The number of benzene rings is 2. The van der Waals surface area contributed by atoms with Crippen molar-refractivity contribution in [1.29, 1.82) is 0 Å². The molecule has 0 amide bonds. The number of rotatable bonds is 6. The predicted molar refractivity (Wildman–Crippen MR) is 96.5 cm³/mol. The molecule has 0 aliphatic heterocycles. The topological polar surface area (TPSA) is 58.4 Å². The van der Waals surface area contributed by atoms with E-state index in [2.05, 4.69) is 10.3 Å². The van der Waals surface area contributed by atoms with E-state index in [0.717, 1.165) is 6.07 Å². The third-order valence-electron chi connectivity index (χ3n) is 4.22. The summed E-state index contributed by atoms with van der Waals surface area (Å²) in [5.41, 5.74) is -0.428. The Morgan fingerprint density at radius 1 is 1.07 bits per heavy atom. The lowest BCUT2D eigenvalue weighted by atomic mass is 10.2. The van der Waals surface area contributed by atoms with Crippen molar-refractivity contribution in [1.82, 2.24) is 15.0 Å². The molecule has 0 spiro atoms. The van der Waals surface area contributed by atoms with Gasteiger partial charge in [-0.15, -0.1) is 5.10 Å². The van der Waals surface area contributed by atoms with Crippen molar-refractivity contribution < 1.29 is 31.8 Å². The lowest BCUT2D eigenvalue weighted by Crippen LogP contribution is -2.26. The quantitative estimate of drug-likeness (QED) is 0.394. The van der Waals surface area contributed by atoms with E-state index in [-0.39, 0.29) is 17.5 Å². The molecule has 0 saturated carbocycles. The van der Waals surface area contributed by atoms with Crippen LogP contribution in [0, 0.1) is 5.82 Å². The van der Waals surface area contributed by atoms with Gasteiger partial charge >= 0.3 is 6.18 Å². The second-order valence-corrected chi connectivity index (χ2v) is 6.53. The number of halogens is 5. The molecule has 0 radical (unpaired) electrons. The number of hydrogen-bond acceptors (Lipinski definition) is 5. The SMILES string of the molecule is COC(OC)C(C)n1nnc2ccc(Oc3cc(F)c(C(F)(F)F)c(Cl)c3)cc21. The second-order valence-electron chi connectivity index (χ2n) is 6.13. The number of ether oxygens (including phenoxy) is 3. The van der Waals surface area contributed by atoms with Crippen LogP contribution in [0.25, 0.3) is 11.0 Å². The van der Waals surface area contributed by atoms with Gasteiger partial charge in [0, 0.05) is 32.4 Å². The van der Waals surface area contributed by atoms with E-state index in [4.69, 9.17) is 25.8 Å². The van der Waals surface area contributed by atoms with E-state index in [1.807, 2.05) is 6.92 Å². The highest BCUT2D eigenvalue weighted by Crippen LogP contribution is 2.39. The minimum atomic E-state index is -4.91. The zero-order valence-corrected chi connectivity index (χ0v) is 16.3. The Labute approximate surface area is 167 Å². The highest BCUT2D eigenvalue weighted by atomic mass is 35.5. The molecule has 1 aromatic heterocycles. The molecule has 0 bridgehead atoms. The van der Waals surface area contributed by atoms with Crippen LogP contribution in [-0.2, 0) is 15.7 Å². The van der Waals surface area contributed by atoms with Gasteiger partial charge in [0.15, 0.2) is 6.29 Å².